The third-order valence-electron chi connectivity index (χ3n) is 1.77. The SMILES string of the molecule is Nc1ncc(Cl)cc1-c1c[c]ccn1. The van der Waals surface area contributed by atoms with Crippen molar-refractivity contribution in [2.75, 3.05) is 5.73 Å². The molecular formula is C10H7ClN3. The molecule has 69 valence electrons. The van der Waals surface area contributed by atoms with E-state index in [0.717, 1.165) is 11.3 Å². The maximum atomic E-state index is 5.81. The van der Waals surface area contributed by atoms with Crippen LogP contribution in [0.2, 0.25) is 5.02 Å². The number of nitrogens with two attached hydrogens (primary N) is 1. The minimum Gasteiger partial charge on any atom is -0.383 e. The Labute approximate surface area is 86.6 Å². The van der Waals surface area contributed by atoms with Gasteiger partial charge in [-0.05, 0) is 24.3 Å². The Morgan fingerprint density at radius 3 is 2.93 bits per heavy atom. The highest BCUT2D eigenvalue weighted by Gasteiger charge is 2.04. The number of hydrogen-bond donors (Lipinski definition) is 1. The predicted molar refractivity (Wildman–Crippen MR) is 55.7 cm³/mol. The van der Waals surface area contributed by atoms with Crippen molar-refractivity contribution in [1.82, 2.24) is 9.97 Å². The zero-order valence-electron chi connectivity index (χ0n) is 7.24. The topological polar surface area (TPSA) is 51.8 Å². The van der Waals surface area contributed by atoms with Gasteiger partial charge in [-0.15, -0.1) is 0 Å². The van der Waals surface area contributed by atoms with Crippen LogP contribution in [0.1, 0.15) is 0 Å². The van der Waals surface area contributed by atoms with E-state index in [0.29, 0.717) is 10.8 Å². The van der Waals surface area contributed by atoms with Gasteiger partial charge in [-0.1, -0.05) is 11.6 Å². The third kappa shape index (κ3) is 1.67. The molecule has 0 saturated carbocycles. The van der Waals surface area contributed by atoms with Crippen LogP contribution < -0.4 is 5.73 Å². The highest BCUT2D eigenvalue weighted by atomic mass is 35.5. The van der Waals surface area contributed by atoms with Crippen molar-refractivity contribution in [3.05, 3.63) is 41.7 Å². The lowest BCUT2D eigenvalue weighted by atomic mass is 10.2. The molecule has 2 N–H and O–H groups in total. The number of rotatable bonds is 1. The first-order chi connectivity index (χ1) is 6.77. The molecule has 2 rings (SSSR count). The molecular weight excluding hydrogens is 198 g/mol. The molecule has 0 unspecified atom stereocenters. The average Bonchev–Trinajstić information content (AvgIpc) is 2.23. The first kappa shape index (κ1) is 8.97. The Morgan fingerprint density at radius 2 is 2.21 bits per heavy atom. The molecule has 0 aromatic carbocycles. The second-order valence-electron chi connectivity index (χ2n) is 2.73. The molecule has 2 aromatic rings. The summed E-state index contributed by atoms with van der Waals surface area (Å²) in [4.78, 5) is 8.09. The smallest absolute Gasteiger partial charge is 0.132 e. The van der Waals surface area contributed by atoms with E-state index in [1.165, 1.54) is 6.20 Å². The van der Waals surface area contributed by atoms with Crippen molar-refractivity contribution in [2.24, 2.45) is 0 Å². The largest absolute Gasteiger partial charge is 0.383 e. The lowest BCUT2D eigenvalue weighted by molar-refractivity contribution is 1.28. The van der Waals surface area contributed by atoms with Gasteiger partial charge in [0.1, 0.15) is 5.82 Å². The first-order valence-corrected chi connectivity index (χ1v) is 4.38. The summed E-state index contributed by atoms with van der Waals surface area (Å²) in [6.45, 7) is 0. The van der Waals surface area contributed by atoms with Crippen molar-refractivity contribution in [3.63, 3.8) is 0 Å². The minimum absolute atomic E-state index is 0.418. The first-order valence-electron chi connectivity index (χ1n) is 4.01. The molecule has 0 fully saturated rings. The van der Waals surface area contributed by atoms with Gasteiger partial charge in [-0.2, -0.15) is 0 Å². The van der Waals surface area contributed by atoms with Gasteiger partial charge >= 0.3 is 0 Å². The van der Waals surface area contributed by atoms with Crippen LogP contribution in [-0.4, -0.2) is 9.97 Å². The zero-order valence-corrected chi connectivity index (χ0v) is 7.99. The van der Waals surface area contributed by atoms with Crippen molar-refractivity contribution >= 4 is 17.4 Å². The van der Waals surface area contributed by atoms with Crippen molar-refractivity contribution in [2.45, 2.75) is 0 Å². The Balaban J connectivity index is 2.57. The molecule has 0 atom stereocenters. The van der Waals surface area contributed by atoms with Crippen LogP contribution in [-0.2, 0) is 0 Å². The van der Waals surface area contributed by atoms with Crippen LogP contribution in [0.3, 0.4) is 0 Å². The number of pyridine rings is 2. The molecule has 0 amide bonds. The molecule has 0 aliphatic heterocycles. The third-order valence-corrected chi connectivity index (χ3v) is 1.97. The van der Waals surface area contributed by atoms with Gasteiger partial charge in [0, 0.05) is 18.0 Å². The maximum Gasteiger partial charge on any atom is 0.132 e. The molecule has 0 bridgehead atoms. The quantitative estimate of drug-likeness (QED) is 0.775. The number of halogens is 1. The van der Waals surface area contributed by atoms with Crippen LogP contribution >= 0.6 is 11.6 Å². The van der Waals surface area contributed by atoms with Crippen LogP contribution in [0.4, 0.5) is 5.82 Å². The van der Waals surface area contributed by atoms with Gasteiger partial charge in [0.2, 0.25) is 0 Å². The van der Waals surface area contributed by atoms with Crippen molar-refractivity contribution in [3.8, 4) is 11.3 Å². The number of aromatic nitrogens is 2. The van der Waals surface area contributed by atoms with Crippen LogP contribution in [0, 0.1) is 6.07 Å². The summed E-state index contributed by atoms with van der Waals surface area (Å²) in [6.07, 6.45) is 3.16. The lowest BCUT2D eigenvalue weighted by Gasteiger charge is -2.03. The van der Waals surface area contributed by atoms with Crippen LogP contribution in [0.25, 0.3) is 11.3 Å². The highest BCUT2D eigenvalue weighted by Crippen LogP contribution is 2.24. The number of nitrogen functional groups attached to an aromatic ring is 1. The van der Waals surface area contributed by atoms with Crippen LogP contribution in [0.15, 0.2) is 30.6 Å². The fraction of sp³-hybridized carbons (Fsp3) is 0. The summed E-state index contributed by atoms with van der Waals surface area (Å²) in [7, 11) is 0. The van der Waals surface area contributed by atoms with E-state index in [4.69, 9.17) is 17.3 Å². The summed E-state index contributed by atoms with van der Waals surface area (Å²) in [6, 6.07) is 8.11. The van der Waals surface area contributed by atoms with Crippen molar-refractivity contribution in [1.29, 1.82) is 0 Å². The van der Waals surface area contributed by atoms with Gasteiger partial charge in [-0.25, -0.2) is 4.98 Å². The summed E-state index contributed by atoms with van der Waals surface area (Å²) < 4.78 is 0. The minimum atomic E-state index is 0.418. The second kappa shape index (κ2) is 3.64. The number of hydrogen-bond acceptors (Lipinski definition) is 3. The number of anilines is 1. The molecule has 4 heteroatoms. The summed E-state index contributed by atoms with van der Waals surface area (Å²) in [5, 5.41) is 0.542. The standard InChI is InChI=1S/C10H7ClN3/c11-7-5-8(10(12)14-6-7)9-3-1-2-4-13-9/h2-6H,(H2,12,14). The van der Waals surface area contributed by atoms with E-state index in [1.54, 1.807) is 24.4 Å². The molecule has 14 heavy (non-hydrogen) atoms. The maximum absolute atomic E-state index is 5.81. The van der Waals surface area contributed by atoms with Gasteiger partial charge in [0.25, 0.3) is 0 Å². The van der Waals surface area contributed by atoms with Gasteiger partial charge in [-0.3, -0.25) is 4.98 Å². The number of nitrogens with zero attached hydrogens (tertiary/aromatic N) is 2. The molecule has 0 saturated heterocycles. The van der Waals surface area contributed by atoms with E-state index in [-0.39, 0.29) is 0 Å². The Morgan fingerprint density at radius 1 is 1.36 bits per heavy atom. The van der Waals surface area contributed by atoms with Gasteiger partial charge in [0.15, 0.2) is 0 Å². The molecule has 2 heterocycles. The lowest BCUT2D eigenvalue weighted by Crippen LogP contribution is -1.94. The fourth-order valence-electron chi connectivity index (χ4n) is 1.13. The van der Waals surface area contributed by atoms with E-state index >= 15 is 0 Å². The van der Waals surface area contributed by atoms with E-state index in [9.17, 15) is 0 Å². The normalized spacial score (nSPS) is 10.1. The second-order valence-corrected chi connectivity index (χ2v) is 3.16. The van der Waals surface area contributed by atoms with E-state index < -0.39 is 0 Å². The van der Waals surface area contributed by atoms with Gasteiger partial charge in [0.05, 0.1) is 10.7 Å². The summed E-state index contributed by atoms with van der Waals surface area (Å²) in [5.74, 6) is 0.418. The monoisotopic (exact) mass is 204 g/mol. The Hall–Kier alpha value is -1.61. The fourth-order valence-corrected chi connectivity index (χ4v) is 1.29. The molecule has 0 aliphatic carbocycles. The Bertz CT molecular complexity index is 442. The predicted octanol–water partition coefficient (Wildman–Crippen LogP) is 2.18. The molecule has 0 spiro atoms. The molecule has 3 nitrogen and oxygen atoms in total. The molecule has 0 aliphatic rings. The van der Waals surface area contributed by atoms with Crippen LogP contribution in [0.5, 0.6) is 0 Å². The van der Waals surface area contributed by atoms with Gasteiger partial charge < -0.3 is 5.73 Å². The molecule has 1 radical (unpaired) electrons. The molecule has 2 aromatic heterocycles. The summed E-state index contributed by atoms with van der Waals surface area (Å²) >= 11 is 5.81. The Kier molecular flexibility index (Phi) is 2.33. The average molecular weight is 205 g/mol. The van der Waals surface area contributed by atoms with Crippen molar-refractivity contribution < 1.29 is 0 Å². The highest BCUT2D eigenvalue weighted by molar-refractivity contribution is 6.30. The van der Waals surface area contributed by atoms with E-state index in [1.807, 2.05) is 0 Å². The zero-order chi connectivity index (χ0) is 9.97. The summed E-state index contributed by atoms with van der Waals surface area (Å²) in [5.41, 5.74) is 7.15. The van der Waals surface area contributed by atoms with E-state index in [2.05, 4.69) is 16.0 Å².